The zero-order valence-electron chi connectivity index (χ0n) is 15.0. The van der Waals surface area contributed by atoms with E-state index in [1.807, 2.05) is 0 Å². The van der Waals surface area contributed by atoms with Crippen molar-refractivity contribution >= 4 is 33.2 Å². The first-order chi connectivity index (χ1) is 12.8. The molecule has 0 atom stereocenters. The summed E-state index contributed by atoms with van der Waals surface area (Å²) in [5.41, 5.74) is 1.00. The second-order valence-corrected chi connectivity index (χ2v) is 7.29. The van der Waals surface area contributed by atoms with Gasteiger partial charge < -0.3 is 4.74 Å². The molecule has 2 aromatic heterocycles. The predicted molar refractivity (Wildman–Crippen MR) is 101 cm³/mol. The average molecular weight is 387 g/mol. The summed E-state index contributed by atoms with van der Waals surface area (Å²) >= 11 is 1.13. The fourth-order valence-corrected chi connectivity index (χ4v) is 3.68. The highest BCUT2D eigenvalue weighted by molar-refractivity contribution is 7.20. The van der Waals surface area contributed by atoms with Crippen molar-refractivity contribution in [3.05, 3.63) is 67.1 Å². The highest BCUT2D eigenvalue weighted by atomic mass is 32.1. The molecule has 0 aliphatic carbocycles. The zero-order valence-corrected chi connectivity index (χ0v) is 15.8. The number of nitro benzene ring substituents is 1. The molecule has 140 valence electrons. The summed E-state index contributed by atoms with van der Waals surface area (Å²) in [6.07, 6.45) is 1.16. The zero-order chi connectivity index (χ0) is 19.7. The quantitative estimate of drug-likeness (QED) is 0.378. The first-order valence-corrected chi connectivity index (χ1v) is 9.02. The Kier molecular flexibility index (Phi) is 5.04. The van der Waals surface area contributed by atoms with Gasteiger partial charge in [0.15, 0.2) is 0 Å². The molecule has 0 bridgehead atoms. The summed E-state index contributed by atoms with van der Waals surface area (Å²) in [4.78, 5) is 40.5. The number of aromatic nitrogens is 2. The topological polar surface area (TPSA) is 104 Å². The van der Waals surface area contributed by atoms with Crippen LogP contribution in [0.3, 0.4) is 0 Å². The molecule has 3 rings (SSSR count). The van der Waals surface area contributed by atoms with E-state index < -0.39 is 10.9 Å². The van der Waals surface area contributed by atoms with Crippen molar-refractivity contribution in [2.75, 3.05) is 0 Å². The van der Waals surface area contributed by atoms with Crippen LogP contribution in [0.2, 0.25) is 0 Å². The number of carbonyl (C=O) groups is 1. The lowest BCUT2D eigenvalue weighted by Gasteiger charge is -2.07. The predicted octanol–water partition coefficient (Wildman–Crippen LogP) is 3.29. The molecule has 0 saturated carbocycles. The van der Waals surface area contributed by atoms with E-state index >= 15 is 0 Å². The van der Waals surface area contributed by atoms with E-state index in [1.54, 1.807) is 32.9 Å². The monoisotopic (exact) mass is 387 g/mol. The third kappa shape index (κ3) is 3.72. The van der Waals surface area contributed by atoms with Gasteiger partial charge in [0.05, 0.1) is 29.3 Å². The summed E-state index contributed by atoms with van der Waals surface area (Å²) in [6.45, 7) is 5.45. The van der Waals surface area contributed by atoms with E-state index in [-0.39, 0.29) is 23.9 Å². The number of benzene rings is 1. The standard InChI is InChI=1S/C18H17N3O5S/c1-10(2)26-18(23)15-11(3)14-16(27-15)19-9-20(17(14)22)8-12-4-6-13(7-5-12)21(24)25/h4-7,9-10H,8H2,1-3H3. The average Bonchev–Trinajstić information content (AvgIpc) is 2.95. The Bertz CT molecular complexity index is 1080. The van der Waals surface area contributed by atoms with Crippen molar-refractivity contribution in [2.24, 2.45) is 0 Å². The van der Waals surface area contributed by atoms with Gasteiger partial charge in [0.25, 0.3) is 11.2 Å². The second kappa shape index (κ2) is 7.28. The van der Waals surface area contributed by atoms with Gasteiger partial charge >= 0.3 is 5.97 Å². The van der Waals surface area contributed by atoms with Crippen molar-refractivity contribution in [1.29, 1.82) is 0 Å². The molecule has 0 aliphatic heterocycles. The number of non-ortho nitro benzene ring substituents is 1. The van der Waals surface area contributed by atoms with Gasteiger partial charge in [-0.2, -0.15) is 0 Å². The number of esters is 1. The molecule has 3 aromatic rings. The van der Waals surface area contributed by atoms with E-state index in [1.165, 1.54) is 23.0 Å². The number of thiophene rings is 1. The molecule has 0 saturated heterocycles. The number of rotatable bonds is 5. The molecule has 0 radical (unpaired) electrons. The summed E-state index contributed by atoms with van der Waals surface area (Å²) < 4.78 is 6.64. The van der Waals surface area contributed by atoms with Crippen molar-refractivity contribution < 1.29 is 14.5 Å². The molecule has 1 aromatic carbocycles. The van der Waals surface area contributed by atoms with Crippen molar-refractivity contribution in [3.63, 3.8) is 0 Å². The van der Waals surface area contributed by atoms with Gasteiger partial charge in [-0.25, -0.2) is 9.78 Å². The minimum absolute atomic E-state index is 0.0124. The van der Waals surface area contributed by atoms with Gasteiger partial charge in [-0.3, -0.25) is 19.5 Å². The minimum atomic E-state index is -0.476. The second-order valence-electron chi connectivity index (χ2n) is 6.29. The number of hydrogen-bond donors (Lipinski definition) is 0. The van der Waals surface area contributed by atoms with Crippen LogP contribution >= 0.6 is 11.3 Å². The molecule has 2 heterocycles. The highest BCUT2D eigenvalue weighted by Gasteiger charge is 2.21. The SMILES string of the molecule is Cc1c(C(=O)OC(C)C)sc2ncn(Cc3ccc([N+](=O)[O-])cc3)c(=O)c12. The number of nitro groups is 1. The molecular weight excluding hydrogens is 370 g/mol. The smallest absolute Gasteiger partial charge is 0.348 e. The summed E-state index contributed by atoms with van der Waals surface area (Å²) in [5, 5.41) is 11.1. The molecule has 27 heavy (non-hydrogen) atoms. The fraction of sp³-hybridized carbons (Fsp3) is 0.278. The van der Waals surface area contributed by atoms with Gasteiger partial charge in [-0.15, -0.1) is 11.3 Å². The maximum atomic E-state index is 12.9. The molecular formula is C18H17N3O5S. The van der Waals surface area contributed by atoms with Crippen LogP contribution in [0.15, 0.2) is 35.4 Å². The highest BCUT2D eigenvalue weighted by Crippen LogP contribution is 2.27. The number of aryl methyl sites for hydroxylation is 1. The molecule has 0 aliphatic rings. The number of fused-ring (bicyclic) bond motifs is 1. The first kappa shape index (κ1) is 18.7. The number of hydrogen-bond acceptors (Lipinski definition) is 7. The van der Waals surface area contributed by atoms with Crippen LogP contribution in [0.25, 0.3) is 10.2 Å². The Labute approximate surface area is 158 Å². The van der Waals surface area contributed by atoms with Gasteiger partial charge in [-0.05, 0) is 31.9 Å². The van der Waals surface area contributed by atoms with E-state index in [0.717, 1.165) is 16.9 Å². The van der Waals surface area contributed by atoms with Gasteiger partial charge in [0, 0.05) is 12.1 Å². The van der Waals surface area contributed by atoms with Crippen LogP contribution in [0.5, 0.6) is 0 Å². The third-order valence-electron chi connectivity index (χ3n) is 3.95. The molecule has 0 fully saturated rings. The lowest BCUT2D eigenvalue weighted by Crippen LogP contribution is -2.21. The van der Waals surface area contributed by atoms with Crippen molar-refractivity contribution in [2.45, 2.75) is 33.4 Å². The van der Waals surface area contributed by atoms with E-state index in [9.17, 15) is 19.7 Å². The largest absolute Gasteiger partial charge is 0.459 e. The molecule has 0 spiro atoms. The summed E-state index contributed by atoms with van der Waals surface area (Å²) in [5.74, 6) is -0.466. The number of nitrogens with zero attached hydrogens (tertiary/aromatic N) is 3. The molecule has 8 nitrogen and oxygen atoms in total. The van der Waals surface area contributed by atoms with E-state index in [4.69, 9.17) is 4.74 Å². The number of carbonyl (C=O) groups excluding carboxylic acids is 1. The van der Waals surface area contributed by atoms with E-state index in [2.05, 4.69) is 4.98 Å². The Hall–Kier alpha value is -3.07. The lowest BCUT2D eigenvalue weighted by molar-refractivity contribution is -0.384. The normalized spacial score (nSPS) is 11.1. The number of ether oxygens (including phenoxy) is 1. The third-order valence-corrected chi connectivity index (χ3v) is 5.13. The Morgan fingerprint density at radius 1 is 1.33 bits per heavy atom. The van der Waals surface area contributed by atoms with Gasteiger partial charge in [-0.1, -0.05) is 12.1 Å². The summed E-state index contributed by atoms with van der Waals surface area (Å²) in [6, 6.07) is 5.98. The van der Waals surface area contributed by atoms with Crippen LogP contribution in [0.1, 0.15) is 34.6 Å². The Balaban J connectivity index is 1.97. The van der Waals surface area contributed by atoms with Crippen molar-refractivity contribution in [1.82, 2.24) is 9.55 Å². The van der Waals surface area contributed by atoms with Crippen LogP contribution in [0.4, 0.5) is 5.69 Å². The van der Waals surface area contributed by atoms with Crippen LogP contribution in [-0.2, 0) is 11.3 Å². The minimum Gasteiger partial charge on any atom is -0.459 e. The maximum Gasteiger partial charge on any atom is 0.348 e. The Morgan fingerprint density at radius 2 is 2.00 bits per heavy atom. The van der Waals surface area contributed by atoms with Crippen LogP contribution in [-0.4, -0.2) is 26.5 Å². The summed E-state index contributed by atoms with van der Waals surface area (Å²) in [7, 11) is 0. The van der Waals surface area contributed by atoms with Crippen LogP contribution in [0, 0.1) is 17.0 Å². The maximum absolute atomic E-state index is 12.9. The van der Waals surface area contributed by atoms with Gasteiger partial charge in [0.2, 0.25) is 0 Å². The molecule has 0 unspecified atom stereocenters. The molecule has 0 amide bonds. The van der Waals surface area contributed by atoms with Gasteiger partial charge in [0.1, 0.15) is 9.71 Å². The molecule has 0 N–H and O–H groups in total. The van der Waals surface area contributed by atoms with E-state index in [0.29, 0.717) is 20.7 Å². The van der Waals surface area contributed by atoms with Crippen molar-refractivity contribution in [3.8, 4) is 0 Å². The lowest BCUT2D eigenvalue weighted by atomic mass is 10.2. The molecule has 9 heteroatoms. The fourth-order valence-electron chi connectivity index (χ4n) is 2.65. The Morgan fingerprint density at radius 3 is 2.59 bits per heavy atom. The first-order valence-electron chi connectivity index (χ1n) is 8.20. The van der Waals surface area contributed by atoms with Crippen LogP contribution < -0.4 is 5.56 Å².